The Balaban J connectivity index is 2.69. The molecule has 0 radical (unpaired) electrons. The standard InChI is InChI=1S/C13H24N2/c1-5-7-12(8-6-2)13-9-11(3)10-14-15(13)4/h9-10,12-13H,5-8H2,1-4H3. The second-order valence-corrected chi connectivity index (χ2v) is 4.56. The Hall–Kier alpha value is -0.790. The highest BCUT2D eigenvalue weighted by Gasteiger charge is 2.23. The van der Waals surface area contributed by atoms with Crippen LogP contribution >= 0.6 is 0 Å². The molecule has 0 N–H and O–H groups in total. The Labute approximate surface area is 94.0 Å². The van der Waals surface area contributed by atoms with E-state index in [9.17, 15) is 0 Å². The summed E-state index contributed by atoms with van der Waals surface area (Å²) in [5, 5.41) is 6.53. The van der Waals surface area contributed by atoms with Crippen molar-refractivity contribution in [3.05, 3.63) is 11.6 Å². The van der Waals surface area contributed by atoms with Crippen LogP contribution in [0, 0.1) is 5.92 Å². The Morgan fingerprint density at radius 2 is 1.93 bits per heavy atom. The second-order valence-electron chi connectivity index (χ2n) is 4.56. The van der Waals surface area contributed by atoms with Crippen molar-refractivity contribution in [2.75, 3.05) is 7.05 Å². The van der Waals surface area contributed by atoms with Gasteiger partial charge in [-0.3, -0.25) is 5.01 Å². The van der Waals surface area contributed by atoms with E-state index in [1.165, 1.54) is 31.3 Å². The van der Waals surface area contributed by atoms with Gasteiger partial charge in [0.2, 0.25) is 0 Å². The van der Waals surface area contributed by atoms with Crippen molar-refractivity contribution in [1.82, 2.24) is 5.01 Å². The molecule has 0 aromatic rings. The van der Waals surface area contributed by atoms with E-state index in [0.29, 0.717) is 6.04 Å². The molecule has 2 nitrogen and oxygen atoms in total. The monoisotopic (exact) mass is 208 g/mol. The maximum atomic E-state index is 4.42. The van der Waals surface area contributed by atoms with Gasteiger partial charge in [-0.2, -0.15) is 5.10 Å². The Morgan fingerprint density at radius 3 is 2.47 bits per heavy atom. The summed E-state index contributed by atoms with van der Waals surface area (Å²) < 4.78 is 0. The molecule has 0 aliphatic carbocycles. The SMILES string of the molecule is CCCC(CCC)C1C=C(C)C=NN1C. The molecule has 15 heavy (non-hydrogen) atoms. The maximum Gasteiger partial charge on any atom is 0.0681 e. The second kappa shape index (κ2) is 5.94. The van der Waals surface area contributed by atoms with E-state index in [4.69, 9.17) is 0 Å². The summed E-state index contributed by atoms with van der Waals surface area (Å²) in [6, 6.07) is 0.509. The molecule has 0 bridgehead atoms. The summed E-state index contributed by atoms with van der Waals surface area (Å²) in [6.07, 6.45) is 9.47. The molecule has 1 heterocycles. The first-order valence-corrected chi connectivity index (χ1v) is 6.14. The van der Waals surface area contributed by atoms with E-state index in [-0.39, 0.29) is 0 Å². The fourth-order valence-corrected chi connectivity index (χ4v) is 2.35. The van der Waals surface area contributed by atoms with Crippen LogP contribution in [0.4, 0.5) is 0 Å². The number of allylic oxidation sites excluding steroid dienone is 1. The molecule has 1 aliphatic heterocycles. The Morgan fingerprint density at radius 1 is 1.33 bits per heavy atom. The summed E-state index contributed by atoms with van der Waals surface area (Å²) in [7, 11) is 2.09. The largest absolute Gasteiger partial charge is 0.293 e. The molecular weight excluding hydrogens is 184 g/mol. The van der Waals surface area contributed by atoms with Crippen LogP contribution in [0.3, 0.4) is 0 Å². The minimum absolute atomic E-state index is 0.509. The van der Waals surface area contributed by atoms with Gasteiger partial charge in [-0.25, -0.2) is 0 Å². The van der Waals surface area contributed by atoms with Crippen LogP contribution < -0.4 is 0 Å². The molecular formula is C13H24N2. The molecule has 0 spiro atoms. The predicted octanol–water partition coefficient (Wildman–Crippen LogP) is 3.45. The van der Waals surface area contributed by atoms with Crippen LogP contribution in [0.2, 0.25) is 0 Å². The van der Waals surface area contributed by atoms with Crippen LogP contribution in [-0.4, -0.2) is 24.3 Å². The van der Waals surface area contributed by atoms with Crippen molar-refractivity contribution in [2.45, 2.75) is 52.5 Å². The van der Waals surface area contributed by atoms with Gasteiger partial charge >= 0.3 is 0 Å². The van der Waals surface area contributed by atoms with Gasteiger partial charge < -0.3 is 0 Å². The minimum atomic E-state index is 0.509. The van der Waals surface area contributed by atoms with Crippen molar-refractivity contribution < 1.29 is 0 Å². The van der Waals surface area contributed by atoms with Crippen molar-refractivity contribution in [1.29, 1.82) is 0 Å². The van der Waals surface area contributed by atoms with Crippen molar-refractivity contribution in [2.24, 2.45) is 11.0 Å². The maximum absolute atomic E-state index is 4.42. The smallest absolute Gasteiger partial charge is 0.0681 e. The number of likely N-dealkylation sites (N-methyl/N-ethyl adjacent to an activating group) is 1. The minimum Gasteiger partial charge on any atom is -0.293 e. The summed E-state index contributed by atoms with van der Waals surface area (Å²) in [5.74, 6) is 0.761. The van der Waals surface area contributed by atoms with Crippen LogP contribution in [0.5, 0.6) is 0 Å². The van der Waals surface area contributed by atoms with E-state index >= 15 is 0 Å². The lowest BCUT2D eigenvalue weighted by atomic mass is 9.88. The van der Waals surface area contributed by atoms with Gasteiger partial charge in [-0.15, -0.1) is 0 Å². The predicted molar refractivity (Wildman–Crippen MR) is 67.1 cm³/mol. The normalized spacial score (nSPS) is 21.0. The highest BCUT2D eigenvalue weighted by Crippen LogP contribution is 2.25. The lowest BCUT2D eigenvalue weighted by Crippen LogP contribution is -2.35. The van der Waals surface area contributed by atoms with E-state index < -0.39 is 0 Å². The number of hydrogen-bond acceptors (Lipinski definition) is 2. The molecule has 86 valence electrons. The van der Waals surface area contributed by atoms with Gasteiger partial charge in [0.05, 0.1) is 6.04 Å². The van der Waals surface area contributed by atoms with Crippen molar-refractivity contribution in [3.63, 3.8) is 0 Å². The molecule has 1 unspecified atom stereocenters. The molecule has 0 saturated carbocycles. The van der Waals surface area contributed by atoms with Crippen LogP contribution in [-0.2, 0) is 0 Å². The molecule has 0 amide bonds. The molecule has 0 saturated heterocycles. The van der Waals surface area contributed by atoms with E-state index in [0.717, 1.165) is 5.92 Å². The third-order valence-corrected chi connectivity index (χ3v) is 3.11. The van der Waals surface area contributed by atoms with Crippen LogP contribution in [0.15, 0.2) is 16.8 Å². The zero-order valence-corrected chi connectivity index (χ0v) is 10.5. The first-order chi connectivity index (χ1) is 7.19. The van der Waals surface area contributed by atoms with E-state index in [1.807, 2.05) is 6.21 Å². The first-order valence-electron chi connectivity index (χ1n) is 6.14. The summed E-state index contributed by atoms with van der Waals surface area (Å²) >= 11 is 0. The number of hydrogen-bond donors (Lipinski definition) is 0. The number of rotatable bonds is 5. The number of hydrazone groups is 1. The molecule has 0 fully saturated rings. The fraction of sp³-hybridized carbons (Fsp3) is 0.769. The fourth-order valence-electron chi connectivity index (χ4n) is 2.35. The summed E-state index contributed by atoms with van der Waals surface area (Å²) in [6.45, 7) is 6.68. The number of nitrogens with zero attached hydrogens (tertiary/aromatic N) is 2. The van der Waals surface area contributed by atoms with Crippen molar-refractivity contribution >= 4 is 6.21 Å². The summed E-state index contributed by atoms with van der Waals surface area (Å²) in [4.78, 5) is 0. The van der Waals surface area contributed by atoms with E-state index in [1.54, 1.807) is 0 Å². The zero-order valence-electron chi connectivity index (χ0n) is 10.5. The molecule has 1 aliphatic rings. The van der Waals surface area contributed by atoms with Crippen LogP contribution in [0.1, 0.15) is 46.5 Å². The van der Waals surface area contributed by atoms with Gasteiger partial charge in [-0.1, -0.05) is 32.8 Å². The van der Waals surface area contributed by atoms with Gasteiger partial charge in [0.1, 0.15) is 0 Å². The Bertz CT molecular complexity index is 237. The average molecular weight is 208 g/mol. The highest BCUT2D eigenvalue weighted by atomic mass is 15.5. The molecule has 1 rings (SSSR count). The molecule has 2 heteroatoms. The van der Waals surface area contributed by atoms with Gasteiger partial charge in [-0.05, 0) is 31.3 Å². The average Bonchev–Trinajstić information content (AvgIpc) is 2.21. The highest BCUT2D eigenvalue weighted by molar-refractivity contribution is 5.78. The summed E-state index contributed by atoms with van der Waals surface area (Å²) in [5.41, 5.74) is 1.30. The molecule has 0 aromatic heterocycles. The topological polar surface area (TPSA) is 15.6 Å². The lowest BCUT2D eigenvalue weighted by molar-refractivity contribution is 0.201. The molecule has 0 aromatic carbocycles. The molecule has 1 atom stereocenters. The lowest BCUT2D eigenvalue weighted by Gasteiger charge is -2.33. The van der Waals surface area contributed by atoms with Gasteiger partial charge in [0.25, 0.3) is 0 Å². The van der Waals surface area contributed by atoms with Gasteiger partial charge in [0.15, 0.2) is 0 Å². The first kappa shape index (κ1) is 12.3. The quantitative estimate of drug-likeness (QED) is 0.675. The van der Waals surface area contributed by atoms with Gasteiger partial charge in [0, 0.05) is 13.3 Å². The van der Waals surface area contributed by atoms with Crippen LogP contribution in [0.25, 0.3) is 0 Å². The van der Waals surface area contributed by atoms with E-state index in [2.05, 4.69) is 44.0 Å². The zero-order chi connectivity index (χ0) is 11.3. The van der Waals surface area contributed by atoms with Crippen molar-refractivity contribution in [3.8, 4) is 0 Å². The Kier molecular flexibility index (Phi) is 4.86. The third-order valence-electron chi connectivity index (χ3n) is 3.11. The third kappa shape index (κ3) is 3.37.